The van der Waals surface area contributed by atoms with Gasteiger partial charge < -0.3 is 10.6 Å². The molecule has 1 aliphatic heterocycles. The molecule has 0 bridgehead atoms. The van der Waals surface area contributed by atoms with Gasteiger partial charge in [-0.05, 0) is 62.0 Å². The molecule has 2 aliphatic carbocycles. The minimum absolute atomic E-state index is 0.237. The molecule has 0 aromatic heterocycles. The van der Waals surface area contributed by atoms with Crippen LogP contribution in [0.4, 0.5) is 5.69 Å². The summed E-state index contributed by atoms with van der Waals surface area (Å²) in [6.07, 6.45) is 12.5. The first-order chi connectivity index (χ1) is 10.3. The molecule has 1 aromatic rings. The van der Waals surface area contributed by atoms with E-state index in [0.29, 0.717) is 5.41 Å². The summed E-state index contributed by atoms with van der Waals surface area (Å²) in [5, 5.41) is 0. The zero-order valence-electron chi connectivity index (χ0n) is 13.1. The van der Waals surface area contributed by atoms with Gasteiger partial charge in [-0.2, -0.15) is 0 Å². The smallest absolute Gasteiger partial charge is 0.0524 e. The van der Waals surface area contributed by atoms with E-state index in [1.165, 1.54) is 75.6 Å². The first kappa shape index (κ1) is 13.6. The molecule has 0 saturated heterocycles. The number of para-hydroxylation sites is 1. The average molecular weight is 284 g/mol. The standard InChI is InChI=1S/C19H28N2/c20-15-19(12-10-18(11-13-19)8-3-4-9-18)21-14-7-16-5-1-2-6-17(16)21/h1-2,5-6H,3-4,7-15,20H2. The summed E-state index contributed by atoms with van der Waals surface area (Å²) in [6, 6.07) is 8.95. The van der Waals surface area contributed by atoms with Crippen LogP contribution in [0.5, 0.6) is 0 Å². The second-order valence-electron chi connectivity index (χ2n) is 7.67. The Labute approximate surface area is 128 Å². The Kier molecular flexibility index (Phi) is 3.25. The summed E-state index contributed by atoms with van der Waals surface area (Å²) < 4.78 is 0. The Bertz CT molecular complexity index is 506. The number of fused-ring (bicyclic) bond motifs is 1. The Morgan fingerprint density at radius 2 is 1.67 bits per heavy atom. The number of anilines is 1. The van der Waals surface area contributed by atoms with Crippen LogP contribution < -0.4 is 10.6 Å². The zero-order valence-corrected chi connectivity index (χ0v) is 13.1. The van der Waals surface area contributed by atoms with Crippen LogP contribution in [0.15, 0.2) is 24.3 Å². The van der Waals surface area contributed by atoms with Gasteiger partial charge >= 0.3 is 0 Å². The number of hydrogen-bond acceptors (Lipinski definition) is 2. The summed E-state index contributed by atoms with van der Waals surface area (Å²) in [7, 11) is 0. The van der Waals surface area contributed by atoms with E-state index in [9.17, 15) is 0 Å². The maximum absolute atomic E-state index is 6.32. The third kappa shape index (κ3) is 2.11. The summed E-state index contributed by atoms with van der Waals surface area (Å²) in [5.74, 6) is 0. The van der Waals surface area contributed by atoms with Crippen LogP contribution in [0, 0.1) is 5.41 Å². The van der Waals surface area contributed by atoms with E-state index in [2.05, 4.69) is 29.2 Å². The van der Waals surface area contributed by atoms with E-state index >= 15 is 0 Å². The molecule has 2 N–H and O–H groups in total. The van der Waals surface area contributed by atoms with Gasteiger partial charge in [0.25, 0.3) is 0 Å². The molecular weight excluding hydrogens is 256 g/mol. The highest BCUT2D eigenvalue weighted by molar-refractivity contribution is 5.60. The Hall–Kier alpha value is -1.02. The van der Waals surface area contributed by atoms with Crippen molar-refractivity contribution in [1.29, 1.82) is 0 Å². The molecule has 0 atom stereocenters. The highest BCUT2D eigenvalue weighted by Gasteiger charge is 2.47. The molecular formula is C19H28N2. The molecule has 2 heteroatoms. The van der Waals surface area contributed by atoms with Crippen LogP contribution in [-0.2, 0) is 6.42 Å². The molecule has 2 saturated carbocycles. The van der Waals surface area contributed by atoms with Crippen LogP contribution in [0.3, 0.4) is 0 Å². The lowest BCUT2D eigenvalue weighted by Crippen LogP contribution is -2.56. The SMILES string of the molecule is NCC1(N2CCc3ccccc32)CCC2(CCCC2)CC1. The fourth-order valence-corrected chi connectivity index (χ4v) is 5.29. The lowest BCUT2D eigenvalue weighted by Gasteiger charge is -2.50. The fourth-order valence-electron chi connectivity index (χ4n) is 5.29. The van der Waals surface area contributed by atoms with Crippen molar-refractivity contribution in [3.8, 4) is 0 Å². The number of benzene rings is 1. The Balaban J connectivity index is 1.58. The maximum Gasteiger partial charge on any atom is 0.0524 e. The third-order valence-electron chi connectivity index (χ3n) is 6.75. The summed E-state index contributed by atoms with van der Waals surface area (Å²) in [6.45, 7) is 1.99. The number of nitrogens with zero attached hydrogens (tertiary/aromatic N) is 1. The predicted molar refractivity (Wildman–Crippen MR) is 88.6 cm³/mol. The topological polar surface area (TPSA) is 29.3 Å². The van der Waals surface area contributed by atoms with Crippen LogP contribution in [-0.4, -0.2) is 18.6 Å². The number of rotatable bonds is 2. The number of nitrogens with two attached hydrogens (primary N) is 1. The first-order valence-electron chi connectivity index (χ1n) is 8.83. The van der Waals surface area contributed by atoms with E-state index in [0.717, 1.165) is 6.54 Å². The minimum Gasteiger partial charge on any atom is -0.364 e. The molecule has 0 unspecified atom stereocenters. The summed E-state index contributed by atoms with van der Waals surface area (Å²) in [5.41, 5.74) is 10.2. The van der Waals surface area contributed by atoms with Crippen molar-refractivity contribution in [3.63, 3.8) is 0 Å². The Morgan fingerprint density at radius 1 is 0.952 bits per heavy atom. The van der Waals surface area contributed by atoms with E-state index in [4.69, 9.17) is 5.73 Å². The molecule has 1 spiro atoms. The minimum atomic E-state index is 0.237. The fraction of sp³-hybridized carbons (Fsp3) is 0.684. The van der Waals surface area contributed by atoms with E-state index in [1.54, 1.807) is 0 Å². The zero-order chi connectivity index (χ0) is 14.3. The van der Waals surface area contributed by atoms with E-state index in [-0.39, 0.29) is 5.54 Å². The predicted octanol–water partition coefficient (Wildman–Crippen LogP) is 3.88. The normalized spacial score (nSPS) is 26.2. The largest absolute Gasteiger partial charge is 0.364 e. The monoisotopic (exact) mass is 284 g/mol. The van der Waals surface area contributed by atoms with Crippen LogP contribution in [0.1, 0.15) is 56.9 Å². The molecule has 2 nitrogen and oxygen atoms in total. The van der Waals surface area contributed by atoms with Gasteiger partial charge in [-0.3, -0.25) is 0 Å². The lowest BCUT2D eigenvalue weighted by atomic mass is 9.66. The average Bonchev–Trinajstić information content (AvgIpc) is 3.17. The first-order valence-corrected chi connectivity index (χ1v) is 8.83. The van der Waals surface area contributed by atoms with Gasteiger partial charge in [0.15, 0.2) is 0 Å². The van der Waals surface area contributed by atoms with Crippen molar-refractivity contribution in [2.45, 2.75) is 63.3 Å². The van der Waals surface area contributed by atoms with Crippen LogP contribution in [0.2, 0.25) is 0 Å². The van der Waals surface area contributed by atoms with E-state index in [1.807, 2.05) is 0 Å². The van der Waals surface area contributed by atoms with Crippen molar-refractivity contribution in [2.24, 2.45) is 11.1 Å². The number of hydrogen-bond donors (Lipinski definition) is 1. The molecule has 0 amide bonds. The highest BCUT2D eigenvalue weighted by atomic mass is 15.2. The Morgan fingerprint density at radius 3 is 2.38 bits per heavy atom. The van der Waals surface area contributed by atoms with Crippen molar-refractivity contribution in [1.82, 2.24) is 0 Å². The lowest BCUT2D eigenvalue weighted by molar-refractivity contribution is 0.133. The van der Waals surface area contributed by atoms with Crippen LogP contribution >= 0.6 is 0 Å². The molecule has 2 fully saturated rings. The molecule has 1 heterocycles. The molecule has 3 aliphatic rings. The molecule has 1 aromatic carbocycles. The quantitative estimate of drug-likeness (QED) is 0.893. The van der Waals surface area contributed by atoms with Gasteiger partial charge in [-0.25, -0.2) is 0 Å². The van der Waals surface area contributed by atoms with Gasteiger partial charge in [0.1, 0.15) is 0 Å². The van der Waals surface area contributed by atoms with E-state index < -0.39 is 0 Å². The van der Waals surface area contributed by atoms with Gasteiger partial charge in [-0.15, -0.1) is 0 Å². The van der Waals surface area contributed by atoms with Gasteiger partial charge in [0.2, 0.25) is 0 Å². The third-order valence-corrected chi connectivity index (χ3v) is 6.75. The second kappa shape index (κ2) is 5.01. The van der Waals surface area contributed by atoms with Crippen molar-refractivity contribution in [2.75, 3.05) is 18.0 Å². The van der Waals surface area contributed by atoms with Crippen molar-refractivity contribution in [3.05, 3.63) is 29.8 Å². The molecule has 21 heavy (non-hydrogen) atoms. The molecule has 114 valence electrons. The van der Waals surface area contributed by atoms with Crippen molar-refractivity contribution >= 4 is 5.69 Å². The summed E-state index contributed by atoms with van der Waals surface area (Å²) >= 11 is 0. The van der Waals surface area contributed by atoms with Gasteiger partial charge in [0.05, 0.1) is 5.54 Å². The molecule has 4 rings (SSSR count). The molecule has 0 radical (unpaired) electrons. The highest BCUT2D eigenvalue weighted by Crippen LogP contribution is 2.53. The van der Waals surface area contributed by atoms with Gasteiger partial charge in [0, 0.05) is 18.8 Å². The van der Waals surface area contributed by atoms with Gasteiger partial charge in [-0.1, -0.05) is 31.0 Å². The summed E-state index contributed by atoms with van der Waals surface area (Å²) in [4.78, 5) is 2.67. The maximum atomic E-state index is 6.32. The van der Waals surface area contributed by atoms with Crippen LogP contribution in [0.25, 0.3) is 0 Å². The second-order valence-corrected chi connectivity index (χ2v) is 7.67. The van der Waals surface area contributed by atoms with Crippen molar-refractivity contribution < 1.29 is 0 Å².